The molecular formula is C18H15NO4. The maximum absolute atomic E-state index is 12.4. The van der Waals surface area contributed by atoms with Gasteiger partial charge in [0.2, 0.25) is 0 Å². The molecule has 0 unspecified atom stereocenters. The average molecular weight is 309 g/mol. The van der Waals surface area contributed by atoms with Gasteiger partial charge in [-0.2, -0.15) is 0 Å². The molecule has 1 heterocycles. The Kier molecular flexibility index (Phi) is 3.48. The molecule has 23 heavy (non-hydrogen) atoms. The number of amides is 2. The lowest BCUT2D eigenvalue weighted by Crippen LogP contribution is -2.29. The largest absolute Gasteiger partial charge is 0.507 e. The van der Waals surface area contributed by atoms with E-state index >= 15 is 0 Å². The molecule has 3 rings (SSSR count). The van der Waals surface area contributed by atoms with Gasteiger partial charge in [-0.25, -0.2) is 0 Å². The van der Waals surface area contributed by atoms with Crippen LogP contribution in [0.25, 0.3) is 0 Å². The molecule has 0 atom stereocenters. The quantitative estimate of drug-likeness (QED) is 0.699. The van der Waals surface area contributed by atoms with Crippen LogP contribution < -0.4 is 0 Å². The molecule has 1 N–H and O–H groups in total. The van der Waals surface area contributed by atoms with Crippen LogP contribution in [0.3, 0.4) is 0 Å². The molecule has 116 valence electrons. The van der Waals surface area contributed by atoms with Crippen LogP contribution in [0.5, 0.6) is 5.75 Å². The van der Waals surface area contributed by atoms with Gasteiger partial charge >= 0.3 is 0 Å². The summed E-state index contributed by atoms with van der Waals surface area (Å²) in [5.74, 6) is -0.935. The Hall–Kier alpha value is -2.95. The number of hydrogen-bond donors (Lipinski definition) is 1. The first-order valence-corrected chi connectivity index (χ1v) is 7.19. The van der Waals surface area contributed by atoms with E-state index < -0.39 is 11.8 Å². The average Bonchev–Trinajstić information content (AvgIpc) is 2.76. The second-order valence-corrected chi connectivity index (χ2v) is 5.60. The summed E-state index contributed by atoms with van der Waals surface area (Å²) in [7, 11) is 0. The Balaban J connectivity index is 1.99. The molecule has 0 radical (unpaired) electrons. The maximum atomic E-state index is 12.4. The Labute approximate surface area is 133 Å². The molecule has 2 aromatic rings. The molecule has 0 aliphatic carbocycles. The van der Waals surface area contributed by atoms with Crippen LogP contribution in [0, 0.1) is 6.92 Å². The van der Waals surface area contributed by atoms with E-state index in [1.807, 2.05) is 0 Å². The van der Waals surface area contributed by atoms with Crippen molar-refractivity contribution in [1.29, 1.82) is 0 Å². The lowest BCUT2D eigenvalue weighted by Gasteiger charge is -2.16. The highest BCUT2D eigenvalue weighted by atomic mass is 16.3. The summed E-state index contributed by atoms with van der Waals surface area (Å²) in [4.78, 5) is 37.4. The molecule has 0 aromatic heterocycles. The van der Waals surface area contributed by atoms with E-state index in [0.717, 1.165) is 4.90 Å². The molecule has 0 saturated carbocycles. The third-order valence-electron chi connectivity index (χ3n) is 3.99. The molecule has 5 heteroatoms. The molecule has 1 aliphatic heterocycles. The van der Waals surface area contributed by atoms with Gasteiger partial charge in [-0.15, -0.1) is 0 Å². The summed E-state index contributed by atoms with van der Waals surface area (Å²) in [6.45, 7) is 3.03. The fourth-order valence-corrected chi connectivity index (χ4v) is 2.73. The number of aromatic hydroxyl groups is 1. The fraction of sp³-hybridized carbons (Fsp3) is 0.167. The number of fused-ring (bicyclic) bond motifs is 1. The highest BCUT2D eigenvalue weighted by molar-refractivity contribution is 6.21. The van der Waals surface area contributed by atoms with Crippen molar-refractivity contribution in [3.63, 3.8) is 0 Å². The van der Waals surface area contributed by atoms with E-state index in [1.165, 1.54) is 13.0 Å². The number of carbonyl (C=O) groups is 3. The van der Waals surface area contributed by atoms with E-state index in [4.69, 9.17) is 0 Å². The van der Waals surface area contributed by atoms with E-state index in [2.05, 4.69) is 0 Å². The van der Waals surface area contributed by atoms with Crippen molar-refractivity contribution in [2.24, 2.45) is 0 Å². The van der Waals surface area contributed by atoms with Gasteiger partial charge in [-0.05, 0) is 43.7 Å². The molecule has 2 amide bonds. The van der Waals surface area contributed by atoms with Crippen LogP contribution in [0.1, 0.15) is 49.1 Å². The van der Waals surface area contributed by atoms with Crippen LogP contribution in [0.2, 0.25) is 0 Å². The van der Waals surface area contributed by atoms with E-state index in [9.17, 15) is 19.5 Å². The third-order valence-corrected chi connectivity index (χ3v) is 3.99. The standard InChI is InChI=1S/C18H15NO4/c1-10-7-12(11(2)20)8-13(16(10)21)9-19-17(22)14-5-3-4-6-15(14)18(19)23/h3-8,21H,9H2,1-2H3. The van der Waals surface area contributed by atoms with Gasteiger partial charge in [0.1, 0.15) is 5.75 Å². The SMILES string of the molecule is CC(=O)c1cc(C)c(O)c(CN2C(=O)c3ccccc3C2=O)c1. The Morgan fingerprint density at radius 2 is 1.65 bits per heavy atom. The Morgan fingerprint density at radius 3 is 2.17 bits per heavy atom. The van der Waals surface area contributed by atoms with Gasteiger partial charge in [-0.1, -0.05) is 12.1 Å². The number of phenolic OH excluding ortho intramolecular Hbond substituents is 1. The number of aryl methyl sites for hydroxylation is 1. The zero-order valence-corrected chi connectivity index (χ0v) is 12.8. The number of nitrogens with zero attached hydrogens (tertiary/aromatic N) is 1. The second kappa shape index (κ2) is 5.35. The van der Waals surface area contributed by atoms with E-state index in [0.29, 0.717) is 27.8 Å². The molecule has 0 bridgehead atoms. The fourth-order valence-electron chi connectivity index (χ4n) is 2.73. The minimum Gasteiger partial charge on any atom is -0.507 e. The van der Waals surface area contributed by atoms with Crippen molar-refractivity contribution in [2.45, 2.75) is 20.4 Å². The van der Waals surface area contributed by atoms with Crippen molar-refractivity contribution in [2.75, 3.05) is 0 Å². The molecule has 1 aliphatic rings. The Bertz CT molecular complexity index is 819. The number of carbonyl (C=O) groups excluding carboxylic acids is 3. The summed E-state index contributed by atoms with van der Waals surface area (Å²) in [5, 5.41) is 10.2. The van der Waals surface area contributed by atoms with Crippen LogP contribution >= 0.6 is 0 Å². The minimum atomic E-state index is -0.393. The van der Waals surface area contributed by atoms with Crippen molar-refractivity contribution < 1.29 is 19.5 Å². The molecule has 0 saturated heterocycles. The number of rotatable bonds is 3. The first-order valence-electron chi connectivity index (χ1n) is 7.19. The highest BCUT2D eigenvalue weighted by Crippen LogP contribution is 2.29. The van der Waals surface area contributed by atoms with Crippen molar-refractivity contribution in [3.8, 4) is 5.75 Å². The summed E-state index contributed by atoms with van der Waals surface area (Å²) < 4.78 is 0. The molecule has 2 aromatic carbocycles. The maximum Gasteiger partial charge on any atom is 0.261 e. The number of Topliss-reactive ketones (excluding diaryl/α,β-unsaturated/α-hetero) is 1. The molecule has 0 fully saturated rings. The lowest BCUT2D eigenvalue weighted by molar-refractivity contribution is 0.0641. The van der Waals surface area contributed by atoms with Gasteiger partial charge in [0.25, 0.3) is 11.8 Å². The number of benzene rings is 2. The van der Waals surface area contributed by atoms with Crippen molar-refractivity contribution in [3.05, 3.63) is 64.2 Å². The van der Waals surface area contributed by atoms with Crippen molar-refractivity contribution >= 4 is 17.6 Å². The summed E-state index contributed by atoms with van der Waals surface area (Å²) in [6, 6.07) is 9.72. The number of ketones is 1. The van der Waals surface area contributed by atoms with Crippen LogP contribution in [0.15, 0.2) is 36.4 Å². The minimum absolute atomic E-state index is 0.00782. The molecule has 5 nitrogen and oxygen atoms in total. The van der Waals surface area contributed by atoms with Crippen LogP contribution in [0.4, 0.5) is 0 Å². The topological polar surface area (TPSA) is 74.7 Å². The van der Waals surface area contributed by atoms with Gasteiger partial charge in [-0.3, -0.25) is 19.3 Å². The second-order valence-electron chi connectivity index (χ2n) is 5.60. The summed E-state index contributed by atoms with van der Waals surface area (Å²) in [6.07, 6.45) is 0. The Morgan fingerprint density at radius 1 is 1.09 bits per heavy atom. The van der Waals surface area contributed by atoms with Crippen LogP contribution in [-0.2, 0) is 6.54 Å². The van der Waals surface area contributed by atoms with Gasteiger partial charge < -0.3 is 5.11 Å². The third kappa shape index (κ3) is 2.40. The van der Waals surface area contributed by atoms with Crippen LogP contribution in [-0.4, -0.2) is 27.6 Å². The van der Waals surface area contributed by atoms with E-state index in [-0.39, 0.29) is 18.1 Å². The number of phenols is 1. The molecule has 0 spiro atoms. The molecular weight excluding hydrogens is 294 g/mol. The summed E-state index contributed by atoms with van der Waals surface area (Å²) in [5.41, 5.74) is 2.06. The monoisotopic (exact) mass is 309 g/mol. The number of hydrogen-bond acceptors (Lipinski definition) is 4. The zero-order valence-electron chi connectivity index (χ0n) is 12.8. The van der Waals surface area contributed by atoms with E-state index in [1.54, 1.807) is 37.3 Å². The smallest absolute Gasteiger partial charge is 0.261 e. The highest BCUT2D eigenvalue weighted by Gasteiger charge is 2.35. The first kappa shape index (κ1) is 15.0. The van der Waals surface area contributed by atoms with Crippen molar-refractivity contribution in [1.82, 2.24) is 4.90 Å². The predicted molar refractivity (Wildman–Crippen MR) is 83.5 cm³/mol. The summed E-state index contributed by atoms with van der Waals surface area (Å²) >= 11 is 0. The normalized spacial score (nSPS) is 13.4. The van der Waals surface area contributed by atoms with Gasteiger partial charge in [0.15, 0.2) is 5.78 Å². The predicted octanol–water partition coefficient (Wildman–Crippen LogP) is 2.70. The zero-order chi connectivity index (χ0) is 16.7. The van der Waals surface area contributed by atoms with Gasteiger partial charge in [0, 0.05) is 11.1 Å². The number of imide groups is 1. The van der Waals surface area contributed by atoms with Gasteiger partial charge in [0.05, 0.1) is 17.7 Å². The first-order chi connectivity index (χ1) is 10.9. The lowest BCUT2D eigenvalue weighted by atomic mass is 10.0.